The third kappa shape index (κ3) is 4.44. The predicted octanol–water partition coefficient (Wildman–Crippen LogP) is 4.41. The second kappa shape index (κ2) is 7.47. The number of ether oxygens (including phenoxy) is 1. The molecule has 128 valence electrons. The van der Waals surface area contributed by atoms with Crippen LogP contribution in [0.2, 0.25) is 0 Å². The van der Waals surface area contributed by atoms with Crippen molar-refractivity contribution in [2.75, 3.05) is 12.4 Å². The number of nitrogens with zero attached hydrogens (tertiary/aromatic N) is 1. The molecule has 1 aromatic carbocycles. The molecular formula is C16H14F3IN2O2. The van der Waals surface area contributed by atoms with Crippen LogP contribution < -0.4 is 5.32 Å². The summed E-state index contributed by atoms with van der Waals surface area (Å²) in [6.45, 7) is 1.68. The van der Waals surface area contributed by atoms with E-state index in [-0.39, 0.29) is 23.6 Å². The molecule has 1 amide bonds. The Morgan fingerprint density at radius 1 is 1.33 bits per heavy atom. The topological polar surface area (TPSA) is 51.2 Å². The molecule has 0 saturated carbocycles. The molecule has 0 fully saturated rings. The summed E-state index contributed by atoms with van der Waals surface area (Å²) in [5.41, 5.74) is -0.0653. The maximum atomic E-state index is 13.1. The Hall–Kier alpha value is -1.68. The number of carbonyl (C=O) groups is 1. The first-order chi connectivity index (χ1) is 11.2. The number of methoxy groups -OCH3 is 1. The van der Waals surface area contributed by atoms with Gasteiger partial charge in [-0.15, -0.1) is 0 Å². The molecule has 1 heterocycles. The lowest BCUT2D eigenvalue weighted by Crippen LogP contribution is -2.16. The number of hydrogen-bond donors (Lipinski definition) is 1. The molecule has 0 bridgehead atoms. The lowest BCUT2D eigenvalue weighted by molar-refractivity contribution is -0.138. The van der Waals surface area contributed by atoms with E-state index < -0.39 is 17.6 Å². The Labute approximate surface area is 150 Å². The zero-order chi connectivity index (χ0) is 17.9. The number of anilines is 1. The Morgan fingerprint density at radius 2 is 2.04 bits per heavy atom. The number of aromatic nitrogens is 1. The third-order valence-corrected chi connectivity index (χ3v) is 4.42. The molecule has 1 aromatic heterocycles. The van der Waals surface area contributed by atoms with Crippen LogP contribution in [-0.4, -0.2) is 18.0 Å². The number of alkyl halides is 3. The van der Waals surface area contributed by atoms with E-state index in [0.717, 1.165) is 15.2 Å². The molecule has 0 spiro atoms. The number of hydrogen-bond acceptors (Lipinski definition) is 3. The summed E-state index contributed by atoms with van der Waals surface area (Å²) in [5, 5.41) is 2.50. The molecular weight excluding hydrogens is 436 g/mol. The van der Waals surface area contributed by atoms with Gasteiger partial charge in [0.05, 0.1) is 12.2 Å². The van der Waals surface area contributed by atoms with E-state index >= 15 is 0 Å². The second-order valence-electron chi connectivity index (χ2n) is 5.08. The van der Waals surface area contributed by atoms with Gasteiger partial charge in [-0.05, 0) is 58.8 Å². The molecule has 0 aliphatic carbocycles. The zero-order valence-corrected chi connectivity index (χ0v) is 15.0. The summed E-state index contributed by atoms with van der Waals surface area (Å²) in [7, 11) is 1.31. The van der Waals surface area contributed by atoms with Gasteiger partial charge >= 0.3 is 6.18 Å². The normalized spacial score (nSPS) is 11.4. The van der Waals surface area contributed by atoms with E-state index in [1.807, 2.05) is 6.92 Å². The predicted molar refractivity (Wildman–Crippen MR) is 91.8 cm³/mol. The van der Waals surface area contributed by atoms with Gasteiger partial charge in [-0.3, -0.25) is 4.79 Å². The highest BCUT2D eigenvalue weighted by Crippen LogP contribution is 2.33. The fourth-order valence-corrected chi connectivity index (χ4v) is 2.45. The number of nitrogens with one attached hydrogen (secondary N) is 1. The van der Waals surface area contributed by atoms with E-state index in [2.05, 4.69) is 32.9 Å². The van der Waals surface area contributed by atoms with E-state index in [4.69, 9.17) is 4.74 Å². The van der Waals surface area contributed by atoms with Gasteiger partial charge in [-0.2, -0.15) is 13.2 Å². The summed E-state index contributed by atoms with van der Waals surface area (Å²) >= 11 is 2.09. The minimum Gasteiger partial charge on any atom is -0.380 e. The number of pyridine rings is 1. The van der Waals surface area contributed by atoms with Crippen molar-refractivity contribution in [3.05, 3.63) is 56.3 Å². The molecule has 0 unspecified atom stereocenters. The highest BCUT2D eigenvalue weighted by atomic mass is 127. The molecule has 8 heteroatoms. The van der Waals surface area contributed by atoms with Crippen LogP contribution in [0.5, 0.6) is 0 Å². The first kappa shape index (κ1) is 18.7. The van der Waals surface area contributed by atoms with Crippen LogP contribution in [0.1, 0.15) is 27.0 Å². The van der Waals surface area contributed by atoms with Crippen molar-refractivity contribution in [3.8, 4) is 0 Å². The number of amides is 1. The SMILES string of the molecule is COCc1ccc(C(=O)Nc2cc(I)c(C)cn2)cc1C(F)(F)F. The average molecular weight is 450 g/mol. The number of benzene rings is 1. The fraction of sp³-hybridized carbons (Fsp3) is 0.250. The maximum Gasteiger partial charge on any atom is 0.416 e. The largest absolute Gasteiger partial charge is 0.416 e. The van der Waals surface area contributed by atoms with Crippen molar-refractivity contribution in [2.24, 2.45) is 0 Å². The Balaban J connectivity index is 2.30. The summed E-state index contributed by atoms with van der Waals surface area (Å²) in [5.74, 6) is -0.374. The minimum atomic E-state index is -4.57. The van der Waals surface area contributed by atoms with Crippen LogP contribution in [0.4, 0.5) is 19.0 Å². The van der Waals surface area contributed by atoms with Crippen molar-refractivity contribution in [3.63, 3.8) is 0 Å². The lowest BCUT2D eigenvalue weighted by atomic mass is 10.0. The smallest absolute Gasteiger partial charge is 0.380 e. The molecule has 0 saturated heterocycles. The average Bonchev–Trinajstić information content (AvgIpc) is 2.50. The van der Waals surface area contributed by atoms with Crippen molar-refractivity contribution in [2.45, 2.75) is 19.7 Å². The van der Waals surface area contributed by atoms with Crippen LogP contribution in [0, 0.1) is 10.5 Å². The monoisotopic (exact) mass is 450 g/mol. The van der Waals surface area contributed by atoms with E-state index in [9.17, 15) is 18.0 Å². The molecule has 1 N–H and O–H groups in total. The molecule has 2 aromatic rings. The molecule has 24 heavy (non-hydrogen) atoms. The minimum absolute atomic E-state index is 0.0236. The number of carbonyl (C=O) groups excluding carboxylic acids is 1. The van der Waals surface area contributed by atoms with Gasteiger partial charge in [0, 0.05) is 22.4 Å². The maximum absolute atomic E-state index is 13.1. The van der Waals surface area contributed by atoms with Crippen molar-refractivity contribution < 1.29 is 22.7 Å². The van der Waals surface area contributed by atoms with Crippen LogP contribution >= 0.6 is 22.6 Å². The van der Waals surface area contributed by atoms with Crippen LogP contribution in [0.3, 0.4) is 0 Å². The third-order valence-electron chi connectivity index (χ3n) is 3.26. The number of halogens is 4. The molecule has 0 aliphatic heterocycles. The van der Waals surface area contributed by atoms with Gasteiger partial charge in [0.15, 0.2) is 0 Å². The van der Waals surface area contributed by atoms with Crippen LogP contribution in [0.15, 0.2) is 30.5 Å². The van der Waals surface area contributed by atoms with Crippen molar-refractivity contribution in [1.82, 2.24) is 4.98 Å². The van der Waals surface area contributed by atoms with E-state index in [1.165, 1.54) is 19.2 Å². The first-order valence-corrected chi connectivity index (χ1v) is 7.93. The highest BCUT2D eigenvalue weighted by Gasteiger charge is 2.34. The number of rotatable bonds is 4. The molecule has 0 atom stereocenters. The van der Waals surface area contributed by atoms with Gasteiger partial charge in [0.25, 0.3) is 5.91 Å². The van der Waals surface area contributed by atoms with Gasteiger partial charge in [-0.25, -0.2) is 4.98 Å². The van der Waals surface area contributed by atoms with Crippen LogP contribution in [-0.2, 0) is 17.5 Å². The summed E-state index contributed by atoms with van der Waals surface area (Å²) in [4.78, 5) is 16.3. The standard InChI is InChI=1S/C16H14F3IN2O2/c1-9-7-21-14(6-13(9)20)22-15(23)10-3-4-11(8-24-2)12(5-10)16(17,18)19/h3-7H,8H2,1-2H3,(H,21,22,23). The van der Waals surface area contributed by atoms with Gasteiger partial charge in [0.2, 0.25) is 0 Å². The van der Waals surface area contributed by atoms with Crippen molar-refractivity contribution >= 4 is 34.3 Å². The van der Waals surface area contributed by atoms with E-state index in [1.54, 1.807) is 12.3 Å². The Bertz CT molecular complexity index is 763. The van der Waals surface area contributed by atoms with Gasteiger partial charge < -0.3 is 10.1 Å². The quantitative estimate of drug-likeness (QED) is 0.703. The highest BCUT2D eigenvalue weighted by molar-refractivity contribution is 14.1. The second-order valence-corrected chi connectivity index (χ2v) is 6.24. The van der Waals surface area contributed by atoms with Gasteiger partial charge in [-0.1, -0.05) is 6.07 Å². The van der Waals surface area contributed by atoms with E-state index in [0.29, 0.717) is 0 Å². The van der Waals surface area contributed by atoms with Gasteiger partial charge in [0.1, 0.15) is 5.82 Å². The first-order valence-electron chi connectivity index (χ1n) is 6.85. The molecule has 0 aliphatic rings. The summed E-state index contributed by atoms with van der Waals surface area (Å²) < 4.78 is 45.1. The summed E-state index contributed by atoms with van der Waals surface area (Å²) in [6.07, 6.45) is -2.98. The molecule has 2 rings (SSSR count). The Kier molecular flexibility index (Phi) is 5.81. The van der Waals surface area contributed by atoms with Crippen molar-refractivity contribution in [1.29, 1.82) is 0 Å². The molecule has 0 radical (unpaired) electrons. The number of aryl methyl sites for hydroxylation is 1. The molecule has 4 nitrogen and oxygen atoms in total. The zero-order valence-electron chi connectivity index (χ0n) is 12.9. The van der Waals surface area contributed by atoms with Crippen LogP contribution in [0.25, 0.3) is 0 Å². The lowest BCUT2D eigenvalue weighted by Gasteiger charge is -2.14. The summed E-state index contributed by atoms with van der Waals surface area (Å²) in [6, 6.07) is 5.05. The Morgan fingerprint density at radius 3 is 2.62 bits per heavy atom. The fourth-order valence-electron chi connectivity index (χ4n) is 2.02.